The Labute approximate surface area is 125 Å². The molecule has 1 saturated heterocycles. The highest BCUT2D eigenvalue weighted by atomic mass is 16.5. The van der Waals surface area contributed by atoms with Crippen molar-refractivity contribution in [3.63, 3.8) is 0 Å². The molecule has 118 valence electrons. The van der Waals surface area contributed by atoms with E-state index in [1.165, 1.54) is 58.2 Å². The van der Waals surface area contributed by atoms with Crippen LogP contribution < -0.4 is 5.32 Å². The normalized spacial score (nSPS) is 33.5. The summed E-state index contributed by atoms with van der Waals surface area (Å²) in [5.41, 5.74) is 0. The molecule has 0 aromatic carbocycles. The molecule has 0 amide bonds. The highest BCUT2D eigenvalue weighted by molar-refractivity contribution is 4.85. The lowest BCUT2D eigenvalue weighted by molar-refractivity contribution is 0.142. The maximum absolute atomic E-state index is 5.13. The predicted molar refractivity (Wildman–Crippen MR) is 85.1 cm³/mol. The SMILES string of the molecule is COCCCN1CCC(NC2CCC(C)C(C)C2)CC1. The molecule has 1 saturated carbocycles. The van der Waals surface area contributed by atoms with Gasteiger partial charge < -0.3 is 15.0 Å². The predicted octanol–water partition coefficient (Wildman–Crippen LogP) is 2.90. The van der Waals surface area contributed by atoms with E-state index in [1.807, 2.05) is 0 Å². The molecule has 3 nitrogen and oxygen atoms in total. The van der Waals surface area contributed by atoms with Crippen LogP contribution in [-0.4, -0.2) is 50.3 Å². The van der Waals surface area contributed by atoms with Gasteiger partial charge in [-0.05, 0) is 63.5 Å². The van der Waals surface area contributed by atoms with Gasteiger partial charge >= 0.3 is 0 Å². The molecule has 3 heteroatoms. The van der Waals surface area contributed by atoms with Gasteiger partial charge in [0.25, 0.3) is 0 Å². The van der Waals surface area contributed by atoms with Gasteiger partial charge in [-0.25, -0.2) is 0 Å². The molecule has 0 spiro atoms. The molecule has 2 rings (SSSR count). The van der Waals surface area contributed by atoms with Crippen LogP contribution in [0.25, 0.3) is 0 Å². The maximum Gasteiger partial charge on any atom is 0.0474 e. The van der Waals surface area contributed by atoms with Gasteiger partial charge in [-0.15, -0.1) is 0 Å². The van der Waals surface area contributed by atoms with Gasteiger partial charge in [0.05, 0.1) is 0 Å². The number of methoxy groups -OCH3 is 1. The smallest absolute Gasteiger partial charge is 0.0474 e. The molecule has 2 fully saturated rings. The quantitative estimate of drug-likeness (QED) is 0.758. The number of piperidine rings is 1. The molecular weight excluding hydrogens is 248 g/mol. The van der Waals surface area contributed by atoms with E-state index >= 15 is 0 Å². The Balaban J connectivity index is 1.62. The zero-order chi connectivity index (χ0) is 14.4. The van der Waals surface area contributed by atoms with Gasteiger partial charge in [0.1, 0.15) is 0 Å². The van der Waals surface area contributed by atoms with Crippen LogP contribution >= 0.6 is 0 Å². The van der Waals surface area contributed by atoms with Crippen LogP contribution in [0.15, 0.2) is 0 Å². The van der Waals surface area contributed by atoms with Gasteiger partial charge in [-0.3, -0.25) is 0 Å². The molecule has 1 N–H and O–H groups in total. The Hall–Kier alpha value is -0.120. The lowest BCUT2D eigenvalue weighted by Gasteiger charge is -2.38. The number of likely N-dealkylation sites (tertiary alicyclic amines) is 1. The molecule has 0 bridgehead atoms. The molecule has 2 aliphatic rings. The summed E-state index contributed by atoms with van der Waals surface area (Å²) >= 11 is 0. The van der Waals surface area contributed by atoms with E-state index in [-0.39, 0.29) is 0 Å². The zero-order valence-corrected chi connectivity index (χ0v) is 13.7. The van der Waals surface area contributed by atoms with E-state index in [4.69, 9.17) is 4.74 Å². The summed E-state index contributed by atoms with van der Waals surface area (Å²) in [6.45, 7) is 9.48. The minimum Gasteiger partial charge on any atom is -0.385 e. The van der Waals surface area contributed by atoms with Crippen molar-refractivity contribution in [2.45, 2.75) is 64.5 Å². The molecule has 3 atom stereocenters. The van der Waals surface area contributed by atoms with Crippen LogP contribution in [0, 0.1) is 11.8 Å². The van der Waals surface area contributed by atoms with Gasteiger partial charge in [0.2, 0.25) is 0 Å². The first-order valence-corrected chi connectivity index (χ1v) is 8.66. The molecule has 1 aliphatic carbocycles. The number of hydrogen-bond acceptors (Lipinski definition) is 3. The Morgan fingerprint density at radius 1 is 1.00 bits per heavy atom. The lowest BCUT2D eigenvalue weighted by atomic mass is 9.79. The number of nitrogens with zero attached hydrogens (tertiary/aromatic N) is 1. The molecule has 1 heterocycles. The van der Waals surface area contributed by atoms with Crippen molar-refractivity contribution >= 4 is 0 Å². The average Bonchev–Trinajstić information content (AvgIpc) is 2.45. The summed E-state index contributed by atoms with van der Waals surface area (Å²) in [6, 6.07) is 1.55. The maximum atomic E-state index is 5.13. The van der Waals surface area contributed by atoms with E-state index < -0.39 is 0 Å². The first-order valence-electron chi connectivity index (χ1n) is 8.66. The fourth-order valence-electron chi connectivity index (χ4n) is 3.79. The van der Waals surface area contributed by atoms with Gasteiger partial charge in [-0.1, -0.05) is 13.8 Å². The van der Waals surface area contributed by atoms with Crippen LogP contribution in [-0.2, 0) is 4.74 Å². The van der Waals surface area contributed by atoms with Crippen LogP contribution in [0.5, 0.6) is 0 Å². The second-order valence-electron chi connectivity index (χ2n) is 7.09. The van der Waals surface area contributed by atoms with Gasteiger partial charge in [0.15, 0.2) is 0 Å². The fraction of sp³-hybridized carbons (Fsp3) is 1.00. The molecular formula is C17H34N2O. The van der Waals surface area contributed by atoms with Gasteiger partial charge in [-0.2, -0.15) is 0 Å². The van der Waals surface area contributed by atoms with E-state index in [0.29, 0.717) is 0 Å². The highest BCUT2D eigenvalue weighted by Crippen LogP contribution is 2.30. The summed E-state index contributed by atoms with van der Waals surface area (Å²) in [4.78, 5) is 2.60. The van der Waals surface area contributed by atoms with E-state index in [9.17, 15) is 0 Å². The van der Waals surface area contributed by atoms with E-state index in [1.54, 1.807) is 7.11 Å². The summed E-state index contributed by atoms with van der Waals surface area (Å²) in [6.07, 6.45) is 8.01. The summed E-state index contributed by atoms with van der Waals surface area (Å²) < 4.78 is 5.13. The number of nitrogens with one attached hydrogen (secondary N) is 1. The number of hydrogen-bond donors (Lipinski definition) is 1. The minimum absolute atomic E-state index is 0.763. The number of ether oxygens (including phenoxy) is 1. The first-order chi connectivity index (χ1) is 9.69. The van der Waals surface area contributed by atoms with Crippen molar-refractivity contribution in [1.82, 2.24) is 10.2 Å². The molecule has 0 aromatic heterocycles. The Morgan fingerprint density at radius 2 is 1.75 bits per heavy atom. The molecule has 20 heavy (non-hydrogen) atoms. The molecule has 3 unspecified atom stereocenters. The molecule has 1 aliphatic heterocycles. The Bertz CT molecular complexity index is 264. The monoisotopic (exact) mass is 282 g/mol. The van der Waals surface area contributed by atoms with Crippen LogP contribution in [0.4, 0.5) is 0 Å². The van der Waals surface area contributed by atoms with Crippen molar-refractivity contribution in [1.29, 1.82) is 0 Å². The third-order valence-corrected chi connectivity index (χ3v) is 5.48. The van der Waals surface area contributed by atoms with E-state index in [0.717, 1.165) is 30.5 Å². The minimum atomic E-state index is 0.763. The number of rotatable bonds is 6. The first kappa shape index (κ1) is 16.3. The molecule has 0 aromatic rings. The lowest BCUT2D eigenvalue weighted by Crippen LogP contribution is -2.48. The van der Waals surface area contributed by atoms with Crippen molar-refractivity contribution in [2.75, 3.05) is 33.4 Å². The topological polar surface area (TPSA) is 24.5 Å². The fourth-order valence-corrected chi connectivity index (χ4v) is 3.79. The summed E-state index contributed by atoms with van der Waals surface area (Å²) in [5, 5.41) is 3.95. The van der Waals surface area contributed by atoms with E-state index in [2.05, 4.69) is 24.1 Å². The van der Waals surface area contributed by atoms with Crippen molar-refractivity contribution in [3.05, 3.63) is 0 Å². The van der Waals surface area contributed by atoms with Crippen LogP contribution in [0.1, 0.15) is 52.4 Å². The van der Waals surface area contributed by atoms with Crippen molar-refractivity contribution in [3.8, 4) is 0 Å². The average molecular weight is 282 g/mol. The van der Waals surface area contributed by atoms with Crippen molar-refractivity contribution < 1.29 is 4.74 Å². The van der Waals surface area contributed by atoms with Crippen molar-refractivity contribution in [2.24, 2.45) is 11.8 Å². The largest absolute Gasteiger partial charge is 0.385 e. The third kappa shape index (κ3) is 5.01. The summed E-state index contributed by atoms with van der Waals surface area (Å²) in [5.74, 6) is 1.83. The molecule has 0 radical (unpaired) electrons. The second kappa shape index (κ2) is 8.35. The summed E-state index contributed by atoms with van der Waals surface area (Å²) in [7, 11) is 1.79. The second-order valence-corrected chi connectivity index (χ2v) is 7.09. The van der Waals surface area contributed by atoms with Gasteiger partial charge in [0, 0.05) is 32.3 Å². The standard InChI is InChI=1S/C17H34N2O/c1-14-5-6-17(13-15(14)2)18-16-7-10-19(11-8-16)9-4-12-20-3/h14-18H,4-13H2,1-3H3. The highest BCUT2D eigenvalue weighted by Gasteiger charge is 2.27. The van der Waals surface area contributed by atoms with Crippen LogP contribution in [0.2, 0.25) is 0 Å². The van der Waals surface area contributed by atoms with Crippen LogP contribution in [0.3, 0.4) is 0 Å². The third-order valence-electron chi connectivity index (χ3n) is 5.48. The Morgan fingerprint density at radius 3 is 2.40 bits per heavy atom. The Kier molecular flexibility index (Phi) is 6.79. The zero-order valence-electron chi connectivity index (χ0n) is 13.7.